The molecule has 1 fully saturated rings. The van der Waals surface area contributed by atoms with Gasteiger partial charge in [0.15, 0.2) is 0 Å². The Morgan fingerprint density at radius 3 is 2.50 bits per heavy atom. The van der Waals surface area contributed by atoms with Crippen LogP contribution in [0.5, 0.6) is 0 Å². The van der Waals surface area contributed by atoms with E-state index < -0.39 is 0 Å². The summed E-state index contributed by atoms with van der Waals surface area (Å²) in [6.45, 7) is 7.26. The highest BCUT2D eigenvalue weighted by molar-refractivity contribution is 7.80. The summed E-state index contributed by atoms with van der Waals surface area (Å²) in [5.74, 6) is 1.13. The van der Waals surface area contributed by atoms with E-state index in [0.717, 1.165) is 25.4 Å². The second-order valence-electron chi connectivity index (χ2n) is 5.22. The van der Waals surface area contributed by atoms with E-state index in [1.165, 1.54) is 25.7 Å². The average molecular weight is 240 g/mol. The molecule has 1 rings (SSSR count). The van der Waals surface area contributed by atoms with Gasteiger partial charge in [0.05, 0.1) is 12.0 Å². The summed E-state index contributed by atoms with van der Waals surface area (Å²) in [4.78, 5) is 2.43. The molecule has 0 amide bonds. The molecule has 0 aliphatic heterocycles. The molecule has 1 aliphatic carbocycles. The van der Waals surface area contributed by atoms with Crippen molar-refractivity contribution in [3.63, 3.8) is 0 Å². The van der Waals surface area contributed by atoms with E-state index in [-0.39, 0.29) is 5.92 Å². The molecular weight excluding hydrogens is 216 g/mol. The number of nitrogens with zero attached hydrogens (tertiary/aromatic N) is 2. The quantitative estimate of drug-likeness (QED) is 0.723. The van der Waals surface area contributed by atoms with Crippen molar-refractivity contribution < 1.29 is 0 Å². The van der Waals surface area contributed by atoms with Crippen molar-refractivity contribution in [3.05, 3.63) is 0 Å². The molecule has 3 heteroatoms. The summed E-state index contributed by atoms with van der Waals surface area (Å²) in [6, 6.07) is 2.32. The van der Waals surface area contributed by atoms with E-state index in [1.54, 1.807) is 0 Å². The minimum absolute atomic E-state index is 0.137. The first-order valence-electron chi connectivity index (χ1n) is 6.38. The number of nitriles is 1. The summed E-state index contributed by atoms with van der Waals surface area (Å²) in [5.41, 5.74) is 0.425. The summed E-state index contributed by atoms with van der Waals surface area (Å²) in [7, 11) is 0. The second-order valence-corrected chi connectivity index (χ2v) is 5.54. The predicted octanol–water partition coefficient (Wildman–Crippen LogP) is 2.96. The van der Waals surface area contributed by atoms with Crippen LogP contribution in [0.3, 0.4) is 0 Å². The van der Waals surface area contributed by atoms with Crippen molar-refractivity contribution in [2.24, 2.45) is 11.3 Å². The highest BCUT2D eigenvalue weighted by Crippen LogP contribution is 2.39. The number of rotatable bonds is 6. The van der Waals surface area contributed by atoms with E-state index in [2.05, 4.69) is 30.5 Å². The van der Waals surface area contributed by atoms with Gasteiger partial charge in [-0.05, 0) is 37.5 Å². The standard InChI is InChI=1S/C13H24N2S/c1-3-15(9-12(2)8-14)10-13(11-16)6-4-5-7-13/h12,16H,3-7,9-11H2,1-2H3. The van der Waals surface area contributed by atoms with Crippen LogP contribution in [0.25, 0.3) is 0 Å². The molecule has 0 aromatic heterocycles. The molecule has 1 unspecified atom stereocenters. The molecule has 0 N–H and O–H groups in total. The van der Waals surface area contributed by atoms with Gasteiger partial charge in [-0.3, -0.25) is 0 Å². The van der Waals surface area contributed by atoms with Crippen LogP contribution in [0.2, 0.25) is 0 Å². The third-order valence-corrected chi connectivity index (χ3v) is 4.43. The maximum atomic E-state index is 8.87. The lowest BCUT2D eigenvalue weighted by atomic mass is 9.87. The minimum atomic E-state index is 0.137. The topological polar surface area (TPSA) is 27.0 Å². The minimum Gasteiger partial charge on any atom is -0.302 e. The van der Waals surface area contributed by atoms with E-state index in [9.17, 15) is 0 Å². The molecule has 0 aromatic carbocycles. The van der Waals surface area contributed by atoms with Gasteiger partial charge in [0.1, 0.15) is 0 Å². The Balaban J connectivity index is 2.51. The van der Waals surface area contributed by atoms with Crippen LogP contribution in [-0.2, 0) is 0 Å². The van der Waals surface area contributed by atoms with Crippen LogP contribution >= 0.6 is 12.6 Å². The van der Waals surface area contributed by atoms with Gasteiger partial charge in [0, 0.05) is 13.1 Å². The molecule has 2 nitrogen and oxygen atoms in total. The SMILES string of the molecule is CCN(CC(C)C#N)CC1(CS)CCCC1. The molecule has 0 radical (unpaired) electrons. The molecule has 0 aromatic rings. The van der Waals surface area contributed by atoms with Crippen molar-refractivity contribution >= 4 is 12.6 Å². The fraction of sp³-hybridized carbons (Fsp3) is 0.923. The zero-order chi connectivity index (χ0) is 12.0. The Morgan fingerprint density at radius 2 is 2.06 bits per heavy atom. The summed E-state index contributed by atoms with van der Waals surface area (Å²) >= 11 is 4.54. The lowest BCUT2D eigenvalue weighted by molar-refractivity contribution is 0.169. The Bertz CT molecular complexity index is 241. The predicted molar refractivity (Wildman–Crippen MR) is 71.6 cm³/mol. The van der Waals surface area contributed by atoms with Gasteiger partial charge in [-0.2, -0.15) is 17.9 Å². The van der Waals surface area contributed by atoms with Crippen molar-refractivity contribution in [3.8, 4) is 6.07 Å². The van der Waals surface area contributed by atoms with Gasteiger partial charge in [0.2, 0.25) is 0 Å². The highest BCUT2D eigenvalue weighted by atomic mass is 32.1. The van der Waals surface area contributed by atoms with E-state index in [1.807, 2.05) is 6.92 Å². The first-order valence-corrected chi connectivity index (χ1v) is 7.02. The molecule has 92 valence electrons. The van der Waals surface area contributed by atoms with Gasteiger partial charge in [-0.1, -0.05) is 19.8 Å². The van der Waals surface area contributed by atoms with Gasteiger partial charge in [-0.15, -0.1) is 0 Å². The second kappa shape index (κ2) is 6.51. The van der Waals surface area contributed by atoms with E-state index in [0.29, 0.717) is 5.41 Å². The molecule has 1 aliphatic rings. The summed E-state index contributed by atoms with van der Waals surface area (Å²) in [5, 5.41) is 8.87. The van der Waals surface area contributed by atoms with Crippen molar-refractivity contribution in [1.29, 1.82) is 5.26 Å². The van der Waals surface area contributed by atoms with Crippen LogP contribution in [0.1, 0.15) is 39.5 Å². The average Bonchev–Trinajstić information content (AvgIpc) is 2.77. The van der Waals surface area contributed by atoms with Crippen molar-refractivity contribution in [2.75, 3.05) is 25.4 Å². The monoisotopic (exact) mass is 240 g/mol. The normalized spacial score (nSPS) is 20.9. The van der Waals surface area contributed by atoms with Crippen LogP contribution in [0.15, 0.2) is 0 Å². The zero-order valence-electron chi connectivity index (χ0n) is 10.6. The molecule has 1 atom stereocenters. The maximum Gasteiger partial charge on any atom is 0.0666 e. The van der Waals surface area contributed by atoms with E-state index >= 15 is 0 Å². The van der Waals surface area contributed by atoms with Gasteiger partial charge < -0.3 is 4.90 Å². The molecule has 0 saturated heterocycles. The molecular formula is C13H24N2S. The van der Waals surface area contributed by atoms with Gasteiger partial charge in [-0.25, -0.2) is 0 Å². The van der Waals surface area contributed by atoms with Crippen LogP contribution in [-0.4, -0.2) is 30.3 Å². The highest BCUT2D eigenvalue weighted by Gasteiger charge is 2.34. The van der Waals surface area contributed by atoms with Crippen molar-refractivity contribution in [1.82, 2.24) is 4.90 Å². The fourth-order valence-corrected chi connectivity index (χ4v) is 3.12. The van der Waals surface area contributed by atoms with Crippen LogP contribution < -0.4 is 0 Å². The molecule has 0 heterocycles. The van der Waals surface area contributed by atoms with Crippen LogP contribution in [0, 0.1) is 22.7 Å². The molecule has 0 bridgehead atoms. The molecule has 0 spiro atoms. The van der Waals surface area contributed by atoms with Crippen molar-refractivity contribution in [2.45, 2.75) is 39.5 Å². The maximum absolute atomic E-state index is 8.87. The summed E-state index contributed by atoms with van der Waals surface area (Å²) < 4.78 is 0. The smallest absolute Gasteiger partial charge is 0.0666 e. The van der Waals surface area contributed by atoms with Gasteiger partial charge >= 0.3 is 0 Å². The first kappa shape index (κ1) is 13.9. The lowest BCUT2D eigenvalue weighted by Gasteiger charge is -2.34. The molecule has 16 heavy (non-hydrogen) atoms. The number of hydrogen-bond acceptors (Lipinski definition) is 3. The Kier molecular flexibility index (Phi) is 5.64. The first-order chi connectivity index (χ1) is 7.65. The summed E-state index contributed by atoms with van der Waals surface area (Å²) in [6.07, 6.45) is 5.33. The van der Waals surface area contributed by atoms with Crippen LogP contribution in [0.4, 0.5) is 0 Å². The lowest BCUT2D eigenvalue weighted by Crippen LogP contribution is -2.39. The number of thiol groups is 1. The zero-order valence-corrected chi connectivity index (χ0v) is 11.5. The molecule has 1 saturated carbocycles. The van der Waals surface area contributed by atoms with Gasteiger partial charge in [0.25, 0.3) is 0 Å². The fourth-order valence-electron chi connectivity index (χ4n) is 2.70. The number of hydrogen-bond donors (Lipinski definition) is 1. The Labute approximate surface area is 105 Å². The third-order valence-electron chi connectivity index (χ3n) is 3.76. The third kappa shape index (κ3) is 3.68. The largest absolute Gasteiger partial charge is 0.302 e. The van der Waals surface area contributed by atoms with E-state index in [4.69, 9.17) is 5.26 Å². The Hall–Kier alpha value is -0.200. The Morgan fingerprint density at radius 1 is 1.44 bits per heavy atom.